The molecule has 0 amide bonds. The predicted octanol–water partition coefficient (Wildman–Crippen LogP) is 1.67. The molecular formula is C16H17N5. The second-order valence-electron chi connectivity index (χ2n) is 5.11. The Bertz CT molecular complexity index is 627. The lowest BCUT2D eigenvalue weighted by Crippen LogP contribution is -2.46. The Balaban J connectivity index is 1.62. The number of nitrogens with zero attached hydrogens (tertiary/aromatic N) is 5. The topological polar surface area (TPSA) is 56.1 Å². The maximum atomic E-state index is 9.16. The highest BCUT2D eigenvalue weighted by Crippen LogP contribution is 2.18. The Morgan fingerprint density at radius 3 is 2.62 bits per heavy atom. The van der Waals surface area contributed by atoms with Crippen LogP contribution in [0.2, 0.25) is 0 Å². The summed E-state index contributed by atoms with van der Waals surface area (Å²) in [6.07, 6.45) is 5.46. The molecule has 0 spiro atoms. The first kappa shape index (κ1) is 13.5. The molecule has 0 atom stereocenters. The number of pyridine rings is 2. The summed E-state index contributed by atoms with van der Waals surface area (Å²) in [6.45, 7) is 4.65. The molecule has 0 aromatic carbocycles. The summed E-state index contributed by atoms with van der Waals surface area (Å²) in [7, 11) is 0. The molecule has 0 aliphatic carbocycles. The van der Waals surface area contributed by atoms with Gasteiger partial charge in [-0.2, -0.15) is 5.26 Å². The molecule has 3 rings (SSSR count). The van der Waals surface area contributed by atoms with E-state index in [2.05, 4.69) is 31.9 Å². The normalized spacial score (nSPS) is 15.7. The van der Waals surface area contributed by atoms with E-state index < -0.39 is 0 Å². The monoisotopic (exact) mass is 279 g/mol. The Labute approximate surface area is 124 Å². The summed E-state index contributed by atoms with van der Waals surface area (Å²) in [4.78, 5) is 13.1. The highest BCUT2D eigenvalue weighted by atomic mass is 15.3. The van der Waals surface area contributed by atoms with Gasteiger partial charge >= 0.3 is 0 Å². The Hall–Kier alpha value is -2.45. The molecule has 21 heavy (non-hydrogen) atoms. The quantitative estimate of drug-likeness (QED) is 0.855. The molecule has 5 nitrogen and oxygen atoms in total. The van der Waals surface area contributed by atoms with Crippen LogP contribution < -0.4 is 4.90 Å². The van der Waals surface area contributed by atoms with Crippen LogP contribution in [-0.4, -0.2) is 41.0 Å². The first-order chi connectivity index (χ1) is 10.4. The smallest absolute Gasteiger partial charge is 0.146 e. The molecule has 0 bridgehead atoms. The van der Waals surface area contributed by atoms with Gasteiger partial charge < -0.3 is 4.90 Å². The van der Waals surface area contributed by atoms with E-state index in [0.29, 0.717) is 5.56 Å². The third-order valence-electron chi connectivity index (χ3n) is 3.71. The van der Waals surface area contributed by atoms with Crippen LogP contribution in [0.25, 0.3) is 0 Å². The fourth-order valence-electron chi connectivity index (χ4n) is 2.60. The van der Waals surface area contributed by atoms with E-state index in [1.165, 1.54) is 5.56 Å². The molecule has 2 aromatic rings. The first-order valence-corrected chi connectivity index (χ1v) is 7.08. The predicted molar refractivity (Wildman–Crippen MR) is 80.7 cm³/mol. The molecule has 5 heteroatoms. The van der Waals surface area contributed by atoms with Crippen LogP contribution in [0.4, 0.5) is 5.82 Å². The summed E-state index contributed by atoms with van der Waals surface area (Å²) in [6, 6.07) is 9.92. The Kier molecular flexibility index (Phi) is 4.08. The maximum Gasteiger partial charge on any atom is 0.146 e. The van der Waals surface area contributed by atoms with Crippen molar-refractivity contribution in [2.45, 2.75) is 6.54 Å². The zero-order chi connectivity index (χ0) is 14.5. The zero-order valence-corrected chi connectivity index (χ0v) is 11.8. The van der Waals surface area contributed by atoms with E-state index in [0.717, 1.165) is 38.5 Å². The fraction of sp³-hybridized carbons (Fsp3) is 0.312. The van der Waals surface area contributed by atoms with E-state index in [1.807, 2.05) is 18.3 Å². The van der Waals surface area contributed by atoms with Crippen molar-refractivity contribution in [2.75, 3.05) is 31.1 Å². The van der Waals surface area contributed by atoms with E-state index in [4.69, 9.17) is 5.26 Å². The molecule has 0 radical (unpaired) electrons. The second-order valence-corrected chi connectivity index (χ2v) is 5.11. The molecule has 0 unspecified atom stereocenters. The summed E-state index contributed by atoms with van der Waals surface area (Å²) in [5.74, 6) is 0.807. The number of aromatic nitrogens is 2. The van der Waals surface area contributed by atoms with E-state index in [9.17, 15) is 0 Å². The van der Waals surface area contributed by atoms with Crippen molar-refractivity contribution in [3.8, 4) is 6.07 Å². The molecule has 1 saturated heterocycles. The van der Waals surface area contributed by atoms with Crippen molar-refractivity contribution in [1.29, 1.82) is 5.26 Å². The number of hydrogen-bond acceptors (Lipinski definition) is 5. The van der Waals surface area contributed by atoms with Gasteiger partial charge in [-0.05, 0) is 23.8 Å². The van der Waals surface area contributed by atoms with Crippen molar-refractivity contribution in [3.05, 3.63) is 54.0 Å². The van der Waals surface area contributed by atoms with Gasteiger partial charge in [0.15, 0.2) is 0 Å². The van der Waals surface area contributed by atoms with Crippen LogP contribution in [0.1, 0.15) is 11.1 Å². The van der Waals surface area contributed by atoms with Crippen LogP contribution >= 0.6 is 0 Å². The summed E-state index contributed by atoms with van der Waals surface area (Å²) >= 11 is 0. The van der Waals surface area contributed by atoms with Gasteiger partial charge in [0, 0.05) is 51.3 Å². The number of piperazine rings is 1. The average molecular weight is 279 g/mol. The van der Waals surface area contributed by atoms with Crippen LogP contribution in [0.5, 0.6) is 0 Å². The van der Waals surface area contributed by atoms with Crippen molar-refractivity contribution < 1.29 is 0 Å². The van der Waals surface area contributed by atoms with Crippen LogP contribution in [0.3, 0.4) is 0 Å². The number of anilines is 1. The lowest BCUT2D eigenvalue weighted by Gasteiger charge is -2.35. The summed E-state index contributed by atoms with van der Waals surface area (Å²) in [5, 5.41) is 9.16. The first-order valence-electron chi connectivity index (χ1n) is 7.08. The van der Waals surface area contributed by atoms with Gasteiger partial charge in [0.05, 0.1) is 5.56 Å². The van der Waals surface area contributed by atoms with Crippen LogP contribution in [0.15, 0.2) is 42.9 Å². The Morgan fingerprint density at radius 2 is 1.90 bits per heavy atom. The van der Waals surface area contributed by atoms with Gasteiger partial charge in [-0.3, -0.25) is 9.88 Å². The minimum Gasteiger partial charge on any atom is -0.353 e. The molecule has 1 aliphatic rings. The van der Waals surface area contributed by atoms with E-state index in [1.54, 1.807) is 18.5 Å². The molecule has 1 fully saturated rings. The van der Waals surface area contributed by atoms with Gasteiger partial charge in [0.1, 0.15) is 11.9 Å². The van der Waals surface area contributed by atoms with Crippen molar-refractivity contribution >= 4 is 5.82 Å². The highest BCUT2D eigenvalue weighted by Gasteiger charge is 2.20. The van der Waals surface area contributed by atoms with Crippen LogP contribution in [-0.2, 0) is 6.54 Å². The number of rotatable bonds is 3. The third kappa shape index (κ3) is 3.18. The SMILES string of the molecule is N#Cc1cccnc1N1CCN(Cc2cccnc2)CC1. The summed E-state index contributed by atoms with van der Waals surface area (Å²) < 4.78 is 0. The minimum atomic E-state index is 0.651. The molecule has 3 heterocycles. The number of hydrogen-bond donors (Lipinski definition) is 0. The van der Waals surface area contributed by atoms with Gasteiger partial charge in [0.25, 0.3) is 0 Å². The largest absolute Gasteiger partial charge is 0.353 e. The molecule has 2 aromatic heterocycles. The lowest BCUT2D eigenvalue weighted by atomic mass is 10.2. The van der Waals surface area contributed by atoms with E-state index in [-0.39, 0.29) is 0 Å². The highest BCUT2D eigenvalue weighted by molar-refractivity contribution is 5.53. The van der Waals surface area contributed by atoms with Crippen LogP contribution in [0, 0.1) is 11.3 Å². The molecule has 1 aliphatic heterocycles. The van der Waals surface area contributed by atoms with Crippen molar-refractivity contribution in [2.24, 2.45) is 0 Å². The average Bonchev–Trinajstić information content (AvgIpc) is 2.56. The van der Waals surface area contributed by atoms with Gasteiger partial charge in [-0.1, -0.05) is 6.07 Å². The molecule has 0 N–H and O–H groups in total. The molecular weight excluding hydrogens is 262 g/mol. The molecule has 106 valence electrons. The van der Waals surface area contributed by atoms with Gasteiger partial charge in [-0.25, -0.2) is 4.98 Å². The van der Waals surface area contributed by atoms with Gasteiger partial charge in [-0.15, -0.1) is 0 Å². The van der Waals surface area contributed by atoms with E-state index >= 15 is 0 Å². The second kappa shape index (κ2) is 6.33. The Morgan fingerprint density at radius 1 is 1.10 bits per heavy atom. The fourth-order valence-corrected chi connectivity index (χ4v) is 2.60. The minimum absolute atomic E-state index is 0.651. The zero-order valence-electron chi connectivity index (χ0n) is 11.8. The molecule has 0 saturated carbocycles. The number of nitriles is 1. The third-order valence-corrected chi connectivity index (χ3v) is 3.71. The van der Waals surface area contributed by atoms with Gasteiger partial charge in [0.2, 0.25) is 0 Å². The standard InChI is InChI=1S/C16H17N5/c17-11-15-4-2-6-19-16(15)21-9-7-20(8-10-21)13-14-3-1-5-18-12-14/h1-6,12H,7-10,13H2. The maximum absolute atomic E-state index is 9.16. The van der Waals surface area contributed by atoms with Crippen molar-refractivity contribution in [3.63, 3.8) is 0 Å². The lowest BCUT2D eigenvalue weighted by molar-refractivity contribution is 0.249. The summed E-state index contributed by atoms with van der Waals surface area (Å²) in [5.41, 5.74) is 1.89. The van der Waals surface area contributed by atoms with Crippen molar-refractivity contribution in [1.82, 2.24) is 14.9 Å².